The van der Waals surface area contributed by atoms with Gasteiger partial charge in [0.05, 0.1) is 13.5 Å². The van der Waals surface area contributed by atoms with Crippen molar-refractivity contribution in [3.63, 3.8) is 0 Å². The molecule has 1 aromatic rings. The van der Waals surface area contributed by atoms with Gasteiger partial charge in [-0.05, 0) is 13.8 Å². The van der Waals surface area contributed by atoms with Crippen LogP contribution in [0.3, 0.4) is 0 Å². The Morgan fingerprint density at radius 3 is 2.56 bits per heavy atom. The zero-order chi connectivity index (χ0) is 20.5. The van der Waals surface area contributed by atoms with Crippen LogP contribution in [0.1, 0.15) is 32.1 Å². The lowest BCUT2D eigenvalue weighted by Gasteiger charge is -2.27. The van der Waals surface area contributed by atoms with Crippen molar-refractivity contribution in [2.45, 2.75) is 50.7 Å². The second-order valence-electron chi connectivity index (χ2n) is 6.33. The fourth-order valence-corrected chi connectivity index (χ4v) is 2.86. The summed E-state index contributed by atoms with van der Waals surface area (Å²) in [5, 5.41) is 20.6. The predicted molar refractivity (Wildman–Crippen MR) is 87.9 cm³/mol. The zero-order valence-corrected chi connectivity index (χ0v) is 14.9. The van der Waals surface area contributed by atoms with E-state index >= 15 is 0 Å². The Hall–Kier alpha value is -2.63. The highest BCUT2D eigenvalue weighted by atomic mass is 16.6. The largest absolute Gasteiger partial charge is 0.469 e. The van der Waals surface area contributed by atoms with Gasteiger partial charge in [-0.1, -0.05) is 0 Å². The predicted octanol–water partition coefficient (Wildman–Crippen LogP) is -2.19. The average Bonchev–Trinajstić information content (AvgIpc) is 2.95. The number of carbonyl (C=O) groups excluding carboxylic acids is 3. The van der Waals surface area contributed by atoms with Gasteiger partial charge < -0.3 is 19.7 Å². The van der Waals surface area contributed by atoms with Crippen LogP contribution in [0.4, 0.5) is 0 Å². The maximum absolute atomic E-state index is 12.1. The number of nitrogens with zero attached hydrogens (tertiary/aromatic N) is 1. The number of aliphatic hydroxyl groups is 2. The summed E-state index contributed by atoms with van der Waals surface area (Å²) in [4.78, 5) is 60.8. The molecule has 0 amide bonds. The van der Waals surface area contributed by atoms with Gasteiger partial charge in [0.25, 0.3) is 5.56 Å². The van der Waals surface area contributed by atoms with Crippen LogP contribution in [-0.4, -0.2) is 62.2 Å². The van der Waals surface area contributed by atoms with Crippen LogP contribution in [0.5, 0.6) is 0 Å². The van der Waals surface area contributed by atoms with E-state index in [1.165, 1.54) is 0 Å². The molecule has 148 valence electrons. The molecule has 11 nitrogen and oxygen atoms in total. The van der Waals surface area contributed by atoms with Crippen LogP contribution in [-0.2, 0) is 30.3 Å². The summed E-state index contributed by atoms with van der Waals surface area (Å²) in [7, 11) is 1.13. The van der Waals surface area contributed by atoms with Crippen molar-refractivity contribution in [2.75, 3.05) is 7.11 Å². The van der Waals surface area contributed by atoms with Crippen LogP contribution in [0.25, 0.3) is 0 Å². The fraction of sp³-hybridized carbons (Fsp3) is 0.562. The Bertz CT molecular complexity index is 887. The first-order chi connectivity index (χ1) is 12.5. The van der Waals surface area contributed by atoms with Gasteiger partial charge in [0.2, 0.25) is 0 Å². The van der Waals surface area contributed by atoms with E-state index in [4.69, 9.17) is 4.74 Å². The second kappa shape index (κ2) is 7.55. The fourth-order valence-electron chi connectivity index (χ4n) is 2.86. The van der Waals surface area contributed by atoms with Crippen LogP contribution in [0.15, 0.2) is 15.8 Å². The SMILES string of the molecule is COC(=O)Cc1cn([C@H]2C[C@@](O)(C(C)=O)[C@@H](C(O)C(C)=O)O2)c(=O)[nH]c1=O. The number of H-pyrrole nitrogens is 1. The Morgan fingerprint density at radius 2 is 2.04 bits per heavy atom. The Labute approximate surface area is 152 Å². The van der Waals surface area contributed by atoms with Crippen LogP contribution >= 0.6 is 0 Å². The normalized spacial score (nSPS) is 25.8. The molecule has 0 aromatic carbocycles. The average molecular weight is 384 g/mol. The summed E-state index contributed by atoms with van der Waals surface area (Å²) in [5.41, 5.74) is -4.04. The Balaban J connectivity index is 2.47. The second-order valence-corrected chi connectivity index (χ2v) is 6.33. The number of rotatable bonds is 6. The first kappa shape index (κ1) is 20.7. The van der Waals surface area contributed by atoms with Gasteiger partial charge in [0, 0.05) is 18.2 Å². The number of aromatic amines is 1. The number of ketones is 2. The third kappa shape index (κ3) is 3.89. The number of nitrogens with one attached hydrogen (secondary N) is 1. The molecule has 2 rings (SSSR count). The van der Waals surface area contributed by atoms with Crippen molar-refractivity contribution in [1.82, 2.24) is 9.55 Å². The number of esters is 1. The molecule has 1 unspecified atom stereocenters. The quantitative estimate of drug-likeness (QED) is 0.462. The standard InChI is InChI=1S/C16H20N2O9/c1-7(19)12(22)13-16(25,8(2)20)5-10(27-13)18-6-9(4-11(21)26-3)14(23)17-15(18)24/h6,10,12-13,22,25H,4-5H2,1-3H3,(H,17,23,24)/t10-,12?,13-,16-/m1/s1. The molecule has 0 radical (unpaired) electrons. The number of Topliss-reactive ketones (excluding diaryl/α,β-unsaturated/α-hetero) is 2. The highest BCUT2D eigenvalue weighted by Gasteiger charge is 2.55. The van der Waals surface area contributed by atoms with Crippen molar-refractivity contribution in [1.29, 1.82) is 0 Å². The maximum Gasteiger partial charge on any atom is 0.330 e. The molecule has 0 aliphatic carbocycles. The van der Waals surface area contributed by atoms with Gasteiger partial charge in [0.15, 0.2) is 17.2 Å². The maximum atomic E-state index is 12.1. The highest BCUT2D eigenvalue weighted by molar-refractivity contribution is 5.88. The van der Waals surface area contributed by atoms with Crippen molar-refractivity contribution in [2.24, 2.45) is 0 Å². The minimum absolute atomic E-state index is 0.105. The number of hydrogen-bond donors (Lipinski definition) is 3. The molecule has 0 spiro atoms. The van der Waals surface area contributed by atoms with E-state index in [9.17, 15) is 34.2 Å². The van der Waals surface area contributed by atoms with E-state index in [1.807, 2.05) is 4.98 Å². The van der Waals surface area contributed by atoms with Crippen LogP contribution in [0, 0.1) is 0 Å². The van der Waals surface area contributed by atoms with E-state index in [2.05, 4.69) is 4.74 Å². The molecule has 1 aliphatic rings. The Kier molecular flexibility index (Phi) is 5.78. The molecule has 3 N–H and O–H groups in total. The summed E-state index contributed by atoms with van der Waals surface area (Å²) in [6.07, 6.45) is -4.47. The highest BCUT2D eigenvalue weighted by Crippen LogP contribution is 2.38. The van der Waals surface area contributed by atoms with E-state index < -0.39 is 65.7 Å². The lowest BCUT2D eigenvalue weighted by atomic mass is 9.86. The van der Waals surface area contributed by atoms with Gasteiger partial charge in [0.1, 0.15) is 18.4 Å². The monoisotopic (exact) mass is 384 g/mol. The molecule has 1 fully saturated rings. The lowest BCUT2D eigenvalue weighted by molar-refractivity contribution is -0.158. The summed E-state index contributed by atoms with van der Waals surface area (Å²) in [6, 6.07) is 0. The summed E-state index contributed by atoms with van der Waals surface area (Å²) in [6.45, 7) is 2.12. The summed E-state index contributed by atoms with van der Waals surface area (Å²) < 4.78 is 10.8. The number of aromatic nitrogens is 2. The summed E-state index contributed by atoms with van der Waals surface area (Å²) in [5.74, 6) is -2.22. The molecular formula is C16H20N2O9. The molecule has 4 atom stereocenters. The van der Waals surface area contributed by atoms with Crippen molar-refractivity contribution in [3.8, 4) is 0 Å². The van der Waals surface area contributed by atoms with E-state index in [1.54, 1.807) is 0 Å². The molecule has 2 heterocycles. The topological polar surface area (TPSA) is 165 Å². The molecule has 0 saturated carbocycles. The van der Waals surface area contributed by atoms with E-state index in [0.29, 0.717) is 0 Å². The minimum Gasteiger partial charge on any atom is -0.469 e. The van der Waals surface area contributed by atoms with Crippen molar-refractivity contribution in [3.05, 3.63) is 32.6 Å². The van der Waals surface area contributed by atoms with Gasteiger partial charge >= 0.3 is 11.7 Å². The number of ether oxygens (including phenoxy) is 2. The number of carbonyl (C=O) groups is 3. The minimum atomic E-state index is -2.21. The molecule has 27 heavy (non-hydrogen) atoms. The molecule has 1 saturated heterocycles. The van der Waals surface area contributed by atoms with Crippen LogP contribution in [0.2, 0.25) is 0 Å². The van der Waals surface area contributed by atoms with E-state index in [0.717, 1.165) is 31.7 Å². The number of aliphatic hydroxyl groups excluding tert-OH is 1. The van der Waals surface area contributed by atoms with E-state index in [-0.39, 0.29) is 5.56 Å². The number of methoxy groups -OCH3 is 1. The van der Waals surface area contributed by atoms with Gasteiger partial charge in [-0.2, -0.15) is 0 Å². The van der Waals surface area contributed by atoms with Crippen LogP contribution < -0.4 is 11.2 Å². The third-order valence-corrected chi connectivity index (χ3v) is 4.49. The molecule has 1 aromatic heterocycles. The molecule has 0 bridgehead atoms. The molecular weight excluding hydrogens is 364 g/mol. The first-order valence-electron chi connectivity index (χ1n) is 7.99. The summed E-state index contributed by atoms with van der Waals surface area (Å²) >= 11 is 0. The zero-order valence-electron chi connectivity index (χ0n) is 14.9. The smallest absolute Gasteiger partial charge is 0.330 e. The first-order valence-corrected chi connectivity index (χ1v) is 7.99. The van der Waals surface area contributed by atoms with Gasteiger partial charge in [-0.3, -0.25) is 28.7 Å². The molecule has 1 aliphatic heterocycles. The number of hydrogen-bond acceptors (Lipinski definition) is 9. The van der Waals surface area contributed by atoms with Gasteiger partial charge in [-0.15, -0.1) is 0 Å². The lowest BCUT2D eigenvalue weighted by Crippen LogP contribution is -2.52. The Morgan fingerprint density at radius 1 is 1.41 bits per heavy atom. The van der Waals surface area contributed by atoms with Crippen molar-refractivity contribution < 1.29 is 34.1 Å². The third-order valence-electron chi connectivity index (χ3n) is 4.49. The van der Waals surface area contributed by atoms with Crippen molar-refractivity contribution >= 4 is 17.5 Å². The van der Waals surface area contributed by atoms with Gasteiger partial charge in [-0.25, -0.2) is 4.79 Å². The molecule has 11 heteroatoms.